The number of ether oxygens (including phenoxy) is 1. The van der Waals surface area contributed by atoms with Crippen molar-refractivity contribution in [1.82, 2.24) is 29.7 Å². The molecule has 3 N–H and O–H groups in total. The molecule has 0 unspecified atom stereocenters. The summed E-state index contributed by atoms with van der Waals surface area (Å²) in [5.41, 5.74) is 11.6. The van der Waals surface area contributed by atoms with Crippen molar-refractivity contribution in [2.75, 3.05) is 12.4 Å². The van der Waals surface area contributed by atoms with E-state index in [1.54, 1.807) is 13.3 Å². The number of aryl methyl sites for hydroxylation is 3. The van der Waals surface area contributed by atoms with Crippen molar-refractivity contribution in [2.24, 2.45) is 12.8 Å². The second kappa shape index (κ2) is 8.62. The third-order valence-corrected chi connectivity index (χ3v) is 5.15. The fraction of sp³-hybridized carbons (Fsp3) is 0.261. The molecule has 1 aromatic carbocycles. The molecule has 3 heterocycles. The molecule has 0 spiro atoms. The van der Waals surface area contributed by atoms with Crippen LogP contribution < -0.4 is 15.8 Å². The maximum Gasteiger partial charge on any atom is 0.226 e. The molecule has 0 fully saturated rings. The van der Waals surface area contributed by atoms with Gasteiger partial charge >= 0.3 is 0 Å². The lowest BCUT2D eigenvalue weighted by Gasteiger charge is -2.12. The third kappa shape index (κ3) is 4.22. The number of hydrogen-bond donors (Lipinski definition) is 2. The zero-order chi connectivity index (χ0) is 22.8. The number of fused-ring (bicyclic) bond motifs is 1. The van der Waals surface area contributed by atoms with Crippen molar-refractivity contribution in [3.05, 3.63) is 70.7 Å². The zero-order valence-electron chi connectivity index (χ0n) is 18.8. The number of anilines is 1. The quantitative estimate of drug-likeness (QED) is 0.479. The van der Waals surface area contributed by atoms with E-state index in [9.17, 15) is 0 Å². The van der Waals surface area contributed by atoms with Gasteiger partial charge in [0.2, 0.25) is 11.8 Å². The highest BCUT2D eigenvalue weighted by Gasteiger charge is 2.16. The first-order valence-electron chi connectivity index (χ1n) is 10.2. The zero-order valence-corrected chi connectivity index (χ0v) is 18.8. The molecule has 9 nitrogen and oxygen atoms in total. The van der Waals surface area contributed by atoms with E-state index in [1.165, 1.54) is 0 Å². The first kappa shape index (κ1) is 21.2. The van der Waals surface area contributed by atoms with Gasteiger partial charge in [-0.1, -0.05) is 12.1 Å². The Morgan fingerprint density at radius 2 is 1.94 bits per heavy atom. The molecule has 0 bridgehead atoms. The number of allylic oxidation sites excluding steroid dienone is 1. The van der Waals surface area contributed by atoms with E-state index in [2.05, 4.69) is 36.4 Å². The summed E-state index contributed by atoms with van der Waals surface area (Å²) in [6, 6.07) is 9.89. The summed E-state index contributed by atoms with van der Waals surface area (Å²) < 4.78 is 6.97. The highest BCUT2D eigenvalue weighted by Crippen LogP contribution is 2.28. The maximum atomic E-state index is 6.30. The largest absolute Gasteiger partial charge is 0.481 e. The number of hydrogen-bond acceptors (Lipinski definition) is 8. The Bertz CT molecular complexity index is 1300. The van der Waals surface area contributed by atoms with E-state index < -0.39 is 0 Å². The van der Waals surface area contributed by atoms with Crippen LogP contribution in [0.4, 0.5) is 5.95 Å². The summed E-state index contributed by atoms with van der Waals surface area (Å²) in [7, 11) is 3.53. The van der Waals surface area contributed by atoms with E-state index in [0.717, 1.165) is 33.3 Å². The second-order valence-electron chi connectivity index (χ2n) is 7.59. The molecule has 0 saturated carbocycles. The van der Waals surface area contributed by atoms with Gasteiger partial charge < -0.3 is 15.8 Å². The molecule has 164 valence electrons. The van der Waals surface area contributed by atoms with Crippen molar-refractivity contribution < 1.29 is 4.74 Å². The molecule has 9 heteroatoms. The minimum atomic E-state index is 0.473. The van der Waals surface area contributed by atoms with E-state index in [1.807, 2.05) is 56.8 Å². The molecule has 0 saturated heterocycles. The molecule has 3 aromatic heterocycles. The Balaban J connectivity index is 1.67. The van der Waals surface area contributed by atoms with Gasteiger partial charge in [-0.25, -0.2) is 9.97 Å². The summed E-state index contributed by atoms with van der Waals surface area (Å²) in [5, 5.41) is 8.82. The number of nitrogens with zero attached hydrogens (tertiary/aromatic N) is 6. The van der Waals surface area contributed by atoms with Crippen LogP contribution in [0.3, 0.4) is 0 Å². The van der Waals surface area contributed by atoms with Gasteiger partial charge in [0.05, 0.1) is 18.3 Å². The highest BCUT2D eigenvalue weighted by atomic mass is 16.5. The lowest BCUT2D eigenvalue weighted by Crippen LogP contribution is -2.11. The van der Waals surface area contributed by atoms with Crippen molar-refractivity contribution >= 4 is 22.4 Å². The van der Waals surface area contributed by atoms with Gasteiger partial charge in [0, 0.05) is 42.5 Å². The summed E-state index contributed by atoms with van der Waals surface area (Å²) in [6.07, 6.45) is 1.75. The highest BCUT2D eigenvalue weighted by molar-refractivity contribution is 5.88. The molecule has 0 aliphatic heterocycles. The Morgan fingerprint density at radius 1 is 1.12 bits per heavy atom. The van der Waals surface area contributed by atoms with E-state index in [0.29, 0.717) is 35.7 Å². The smallest absolute Gasteiger partial charge is 0.226 e. The number of nitrogens with one attached hydrogen (secondary N) is 1. The van der Waals surface area contributed by atoms with Gasteiger partial charge in [-0.2, -0.15) is 15.1 Å². The lowest BCUT2D eigenvalue weighted by molar-refractivity contribution is 0.397. The fourth-order valence-corrected chi connectivity index (χ4v) is 3.62. The van der Waals surface area contributed by atoms with Crippen molar-refractivity contribution in [2.45, 2.75) is 27.3 Å². The van der Waals surface area contributed by atoms with Gasteiger partial charge in [-0.15, -0.1) is 0 Å². The monoisotopic (exact) mass is 430 g/mol. The molecule has 0 aliphatic carbocycles. The van der Waals surface area contributed by atoms with E-state index >= 15 is 0 Å². The number of benzene rings is 1. The van der Waals surface area contributed by atoms with Crippen molar-refractivity contribution in [3.63, 3.8) is 0 Å². The Hall–Kier alpha value is -4.01. The van der Waals surface area contributed by atoms with Crippen LogP contribution in [0.25, 0.3) is 16.5 Å². The van der Waals surface area contributed by atoms with Crippen LogP contribution in [-0.4, -0.2) is 36.8 Å². The fourth-order valence-electron chi connectivity index (χ4n) is 3.62. The first-order valence-corrected chi connectivity index (χ1v) is 10.2. The number of aromatic nitrogens is 6. The van der Waals surface area contributed by atoms with Crippen LogP contribution in [0.15, 0.2) is 42.2 Å². The molecule has 4 rings (SSSR count). The first-order chi connectivity index (χ1) is 15.4. The number of methoxy groups -OCH3 is 1. The van der Waals surface area contributed by atoms with E-state index in [-0.39, 0.29) is 0 Å². The normalized spacial score (nSPS) is 12.0. The van der Waals surface area contributed by atoms with Crippen molar-refractivity contribution in [3.8, 4) is 5.88 Å². The molecule has 32 heavy (non-hydrogen) atoms. The van der Waals surface area contributed by atoms with Crippen LogP contribution in [0, 0.1) is 13.8 Å². The standard InChI is InChI=1S/C23H26N8O/c1-13(24)21(17-7-8-19-18(10-17)14(2)30-31(19)4)22-27-15(3)28-23(29-22)26-12-16-6-9-20(32-5)25-11-16/h6-11H,12,24H2,1-5H3,(H,26,27,28,29). The average Bonchev–Trinajstić information content (AvgIpc) is 3.05. The summed E-state index contributed by atoms with van der Waals surface area (Å²) in [6.45, 7) is 6.20. The molecule has 4 aromatic rings. The van der Waals surface area contributed by atoms with Crippen LogP contribution >= 0.6 is 0 Å². The topological polar surface area (TPSA) is 117 Å². The Morgan fingerprint density at radius 3 is 2.62 bits per heavy atom. The SMILES string of the molecule is COc1ccc(CNc2nc(C)nc(C(=C(C)N)c3ccc4c(c3)c(C)nn4C)n2)cn1. The molecule has 0 aliphatic rings. The molecular weight excluding hydrogens is 404 g/mol. The van der Waals surface area contributed by atoms with Gasteiger partial charge in [0.1, 0.15) is 5.82 Å². The second-order valence-corrected chi connectivity index (χ2v) is 7.59. The van der Waals surface area contributed by atoms with Gasteiger partial charge in [0.15, 0.2) is 5.82 Å². The molecular formula is C23H26N8O. The number of nitrogens with two attached hydrogens (primary N) is 1. The molecule has 0 radical (unpaired) electrons. The van der Waals surface area contributed by atoms with Crippen LogP contribution in [0.1, 0.15) is 35.4 Å². The minimum Gasteiger partial charge on any atom is -0.481 e. The Kier molecular flexibility index (Phi) is 5.72. The number of rotatable bonds is 6. The Labute approximate surface area is 186 Å². The maximum absolute atomic E-state index is 6.30. The van der Waals surface area contributed by atoms with Gasteiger partial charge in [0.25, 0.3) is 0 Å². The third-order valence-electron chi connectivity index (χ3n) is 5.15. The minimum absolute atomic E-state index is 0.473. The lowest BCUT2D eigenvalue weighted by atomic mass is 10.0. The van der Waals surface area contributed by atoms with E-state index in [4.69, 9.17) is 10.5 Å². The molecule has 0 atom stereocenters. The van der Waals surface area contributed by atoms with Gasteiger partial charge in [-0.3, -0.25) is 4.68 Å². The predicted octanol–water partition coefficient (Wildman–Crippen LogP) is 3.13. The summed E-state index contributed by atoms with van der Waals surface area (Å²) in [4.78, 5) is 17.9. The molecule has 0 amide bonds. The number of pyridine rings is 1. The van der Waals surface area contributed by atoms with Crippen LogP contribution in [0.2, 0.25) is 0 Å². The summed E-state index contributed by atoms with van der Waals surface area (Å²) in [5.74, 6) is 2.17. The van der Waals surface area contributed by atoms with Gasteiger partial charge in [-0.05, 0) is 44.0 Å². The average molecular weight is 431 g/mol. The van der Waals surface area contributed by atoms with Crippen molar-refractivity contribution in [1.29, 1.82) is 0 Å². The summed E-state index contributed by atoms with van der Waals surface area (Å²) >= 11 is 0. The van der Waals surface area contributed by atoms with Crippen LogP contribution in [-0.2, 0) is 13.6 Å². The predicted molar refractivity (Wildman–Crippen MR) is 124 cm³/mol. The van der Waals surface area contributed by atoms with Crippen LogP contribution in [0.5, 0.6) is 5.88 Å².